The van der Waals surface area contributed by atoms with Crippen LogP contribution < -0.4 is 14.8 Å². The van der Waals surface area contributed by atoms with Gasteiger partial charge < -0.3 is 14.8 Å². The number of hydrogen-bond donors (Lipinski definition) is 1. The molecule has 0 saturated heterocycles. The summed E-state index contributed by atoms with van der Waals surface area (Å²) in [4.78, 5) is 0. The van der Waals surface area contributed by atoms with E-state index in [1.54, 1.807) is 19.2 Å². The molecule has 0 spiro atoms. The summed E-state index contributed by atoms with van der Waals surface area (Å²) in [5.74, 6) is 1.33. The van der Waals surface area contributed by atoms with Crippen LogP contribution in [0, 0.1) is 0 Å². The van der Waals surface area contributed by atoms with Crippen LogP contribution in [0.25, 0.3) is 0 Å². The second kappa shape index (κ2) is 9.38. The van der Waals surface area contributed by atoms with Gasteiger partial charge in [-0.15, -0.1) is 0 Å². The summed E-state index contributed by atoms with van der Waals surface area (Å²) in [6.45, 7) is 3.91. The smallest absolute Gasteiger partial charge is 0.162 e. The molecular weight excluding hydrogens is 369 g/mol. The van der Waals surface area contributed by atoms with Crippen LogP contribution in [0.5, 0.6) is 11.5 Å². The topological polar surface area (TPSA) is 30.5 Å². The maximum Gasteiger partial charge on any atom is 0.162 e. The summed E-state index contributed by atoms with van der Waals surface area (Å²) >= 11 is 18.4. The summed E-state index contributed by atoms with van der Waals surface area (Å²) in [6, 6.07) is 9.23. The molecule has 2 aromatic rings. The molecule has 130 valence electrons. The van der Waals surface area contributed by atoms with Crippen molar-refractivity contribution in [2.45, 2.75) is 19.9 Å². The quantitative estimate of drug-likeness (QED) is 0.615. The molecule has 0 aliphatic carbocycles. The molecule has 6 heteroatoms. The third kappa shape index (κ3) is 5.18. The van der Waals surface area contributed by atoms with E-state index < -0.39 is 0 Å². The highest BCUT2D eigenvalue weighted by Gasteiger charge is 2.10. The summed E-state index contributed by atoms with van der Waals surface area (Å²) in [5, 5.41) is 5.34. The van der Waals surface area contributed by atoms with Gasteiger partial charge in [0.2, 0.25) is 0 Å². The van der Waals surface area contributed by atoms with E-state index in [-0.39, 0.29) is 0 Å². The summed E-state index contributed by atoms with van der Waals surface area (Å²) in [6.07, 6.45) is 0.808. The minimum Gasteiger partial charge on any atom is -0.493 e. The Kier molecular flexibility index (Phi) is 7.50. The van der Waals surface area contributed by atoms with E-state index in [0.29, 0.717) is 39.7 Å². The Bertz CT molecular complexity index is 692. The van der Waals surface area contributed by atoms with Crippen LogP contribution in [-0.2, 0) is 13.0 Å². The minimum atomic E-state index is 0.569. The highest BCUT2D eigenvalue weighted by atomic mass is 35.5. The zero-order valence-corrected chi connectivity index (χ0v) is 15.9. The van der Waals surface area contributed by atoms with Crippen molar-refractivity contribution in [3.8, 4) is 11.5 Å². The fraction of sp³-hybridized carbons (Fsp3) is 0.333. The van der Waals surface area contributed by atoms with Gasteiger partial charge >= 0.3 is 0 Å². The Morgan fingerprint density at radius 1 is 0.958 bits per heavy atom. The van der Waals surface area contributed by atoms with Gasteiger partial charge in [0, 0.05) is 27.7 Å². The average Bonchev–Trinajstić information content (AvgIpc) is 2.55. The van der Waals surface area contributed by atoms with Gasteiger partial charge in [0.15, 0.2) is 11.5 Å². The molecule has 0 aliphatic rings. The first-order valence-electron chi connectivity index (χ1n) is 7.69. The minimum absolute atomic E-state index is 0.569. The molecule has 0 unspecified atom stereocenters. The molecule has 0 saturated carbocycles. The maximum atomic E-state index is 6.31. The number of halogens is 3. The van der Waals surface area contributed by atoms with Crippen LogP contribution in [-0.4, -0.2) is 20.3 Å². The fourth-order valence-corrected chi connectivity index (χ4v) is 3.03. The van der Waals surface area contributed by atoms with Crippen molar-refractivity contribution in [3.63, 3.8) is 0 Å². The van der Waals surface area contributed by atoms with Crippen molar-refractivity contribution in [2.24, 2.45) is 0 Å². The van der Waals surface area contributed by atoms with Crippen molar-refractivity contribution in [1.29, 1.82) is 0 Å². The molecule has 0 fully saturated rings. The van der Waals surface area contributed by atoms with E-state index in [0.717, 1.165) is 24.1 Å². The summed E-state index contributed by atoms with van der Waals surface area (Å²) < 4.78 is 10.9. The molecule has 0 aromatic heterocycles. The monoisotopic (exact) mass is 387 g/mol. The van der Waals surface area contributed by atoms with Crippen LogP contribution in [0.4, 0.5) is 0 Å². The molecule has 2 rings (SSSR count). The fourth-order valence-electron chi connectivity index (χ4n) is 2.31. The third-order valence-electron chi connectivity index (χ3n) is 3.53. The lowest BCUT2D eigenvalue weighted by molar-refractivity contribution is 0.310. The number of ether oxygens (including phenoxy) is 2. The van der Waals surface area contributed by atoms with Crippen LogP contribution in [0.1, 0.15) is 18.1 Å². The van der Waals surface area contributed by atoms with Gasteiger partial charge in [0.05, 0.1) is 13.7 Å². The Morgan fingerprint density at radius 3 is 2.38 bits per heavy atom. The van der Waals surface area contributed by atoms with Gasteiger partial charge in [-0.1, -0.05) is 40.9 Å². The first-order valence-corrected chi connectivity index (χ1v) is 8.82. The van der Waals surface area contributed by atoms with Crippen molar-refractivity contribution >= 4 is 34.8 Å². The van der Waals surface area contributed by atoms with Gasteiger partial charge in [-0.05, 0) is 49.2 Å². The Labute approximate surface area is 157 Å². The van der Waals surface area contributed by atoms with Gasteiger partial charge in [0.1, 0.15) is 0 Å². The number of benzene rings is 2. The third-order valence-corrected chi connectivity index (χ3v) is 4.47. The molecule has 24 heavy (non-hydrogen) atoms. The van der Waals surface area contributed by atoms with Crippen LogP contribution in [0.3, 0.4) is 0 Å². The summed E-state index contributed by atoms with van der Waals surface area (Å²) in [5.41, 5.74) is 2.02. The maximum absolute atomic E-state index is 6.31. The van der Waals surface area contributed by atoms with Crippen molar-refractivity contribution in [1.82, 2.24) is 5.32 Å². The predicted molar refractivity (Wildman–Crippen MR) is 101 cm³/mol. The van der Waals surface area contributed by atoms with E-state index in [2.05, 4.69) is 5.32 Å². The molecule has 0 amide bonds. The predicted octanol–water partition coefficient (Wildman–Crippen LogP) is 5.39. The van der Waals surface area contributed by atoms with Gasteiger partial charge in [-0.2, -0.15) is 0 Å². The number of methoxy groups -OCH3 is 1. The molecule has 2 aromatic carbocycles. The largest absolute Gasteiger partial charge is 0.493 e. The lowest BCUT2D eigenvalue weighted by Gasteiger charge is -2.13. The lowest BCUT2D eigenvalue weighted by Crippen LogP contribution is -2.17. The highest BCUT2D eigenvalue weighted by molar-refractivity contribution is 6.35. The molecule has 3 nitrogen and oxygen atoms in total. The Morgan fingerprint density at radius 2 is 1.71 bits per heavy atom. The van der Waals surface area contributed by atoms with E-state index >= 15 is 0 Å². The van der Waals surface area contributed by atoms with Gasteiger partial charge in [0.25, 0.3) is 0 Å². The van der Waals surface area contributed by atoms with E-state index in [9.17, 15) is 0 Å². The van der Waals surface area contributed by atoms with Crippen LogP contribution in [0.15, 0.2) is 30.3 Å². The van der Waals surface area contributed by atoms with E-state index in [4.69, 9.17) is 44.3 Å². The van der Waals surface area contributed by atoms with Crippen molar-refractivity contribution < 1.29 is 9.47 Å². The summed E-state index contributed by atoms with van der Waals surface area (Å²) in [7, 11) is 1.60. The van der Waals surface area contributed by atoms with E-state index in [1.165, 1.54) is 0 Å². The van der Waals surface area contributed by atoms with Gasteiger partial charge in [-0.3, -0.25) is 0 Å². The Hall–Kier alpha value is -1.13. The highest BCUT2D eigenvalue weighted by Crippen LogP contribution is 2.33. The van der Waals surface area contributed by atoms with Crippen LogP contribution >= 0.6 is 34.8 Å². The van der Waals surface area contributed by atoms with Crippen LogP contribution in [0.2, 0.25) is 15.1 Å². The SMILES string of the molecule is CCOc1cc(CNCCc2ccc(Cl)cc2Cl)c(Cl)cc1OC. The molecule has 0 aliphatic heterocycles. The normalized spacial score (nSPS) is 10.7. The number of nitrogens with one attached hydrogen (secondary N) is 1. The lowest BCUT2D eigenvalue weighted by atomic mass is 10.1. The standard InChI is InChI=1S/C18H20Cl3NO2/c1-3-24-18-8-13(16(21)10-17(18)23-2)11-22-7-6-12-4-5-14(19)9-15(12)20/h4-5,8-10,22H,3,6-7,11H2,1-2H3. The number of hydrogen-bond acceptors (Lipinski definition) is 3. The molecule has 1 N–H and O–H groups in total. The first kappa shape index (κ1) is 19.2. The van der Waals surface area contributed by atoms with Crippen molar-refractivity contribution in [2.75, 3.05) is 20.3 Å². The molecular formula is C18H20Cl3NO2. The number of rotatable bonds is 8. The van der Waals surface area contributed by atoms with E-state index in [1.807, 2.05) is 25.1 Å². The van der Waals surface area contributed by atoms with Gasteiger partial charge in [-0.25, -0.2) is 0 Å². The molecule has 0 bridgehead atoms. The first-order chi connectivity index (χ1) is 11.5. The zero-order chi connectivity index (χ0) is 17.5. The second-order valence-electron chi connectivity index (χ2n) is 5.19. The average molecular weight is 389 g/mol. The molecule has 0 atom stereocenters. The second-order valence-corrected chi connectivity index (χ2v) is 6.44. The van der Waals surface area contributed by atoms with Crippen molar-refractivity contribution in [3.05, 3.63) is 56.5 Å². The zero-order valence-electron chi connectivity index (χ0n) is 13.7. The molecule has 0 heterocycles. The Balaban J connectivity index is 1.95. The molecule has 0 radical (unpaired) electrons.